The second-order valence-electron chi connectivity index (χ2n) is 8.68. The second kappa shape index (κ2) is 14.1. The summed E-state index contributed by atoms with van der Waals surface area (Å²) >= 11 is 0. The molecule has 5 N–H and O–H groups in total. The van der Waals surface area contributed by atoms with Gasteiger partial charge in [0.05, 0.1) is 0 Å². The van der Waals surface area contributed by atoms with Crippen LogP contribution in [-0.2, 0) is 25.7 Å². The van der Waals surface area contributed by atoms with E-state index in [1.165, 1.54) is 0 Å². The Labute approximate surface area is 194 Å². The van der Waals surface area contributed by atoms with Crippen molar-refractivity contribution in [3.63, 3.8) is 0 Å². The molecule has 0 aliphatic rings. The van der Waals surface area contributed by atoms with Gasteiger partial charge in [-0.2, -0.15) is 0 Å². The molecule has 1 rings (SSSR count). The average Bonchev–Trinajstić information content (AvgIpc) is 2.71. The number of carboxylic acid groups (broad SMARTS) is 2. The van der Waals surface area contributed by atoms with E-state index in [9.17, 15) is 29.4 Å². The summed E-state index contributed by atoms with van der Waals surface area (Å²) in [5.74, 6) is -3.12. The zero-order chi connectivity index (χ0) is 24.9. The van der Waals surface area contributed by atoms with Gasteiger partial charge in [0.2, 0.25) is 0 Å². The number of ether oxygens (including phenoxy) is 1. The van der Waals surface area contributed by atoms with Gasteiger partial charge in [0, 0.05) is 13.0 Å². The molecule has 2 amide bonds. The highest BCUT2D eigenvalue weighted by Crippen LogP contribution is 2.10. The lowest BCUT2D eigenvalue weighted by atomic mass is 10.1. The lowest BCUT2D eigenvalue weighted by Gasteiger charge is -2.21. The number of carbonyl (C=O) groups is 4. The van der Waals surface area contributed by atoms with Crippen LogP contribution in [-0.4, -0.2) is 58.4 Å². The van der Waals surface area contributed by atoms with Gasteiger partial charge in [-0.05, 0) is 58.6 Å². The Bertz CT molecular complexity index is 778. The number of urea groups is 1. The van der Waals surface area contributed by atoms with E-state index in [-0.39, 0.29) is 19.3 Å². The Balaban J connectivity index is 2.39. The zero-order valence-corrected chi connectivity index (χ0v) is 19.4. The summed E-state index contributed by atoms with van der Waals surface area (Å²) in [5, 5.41) is 26.4. The van der Waals surface area contributed by atoms with Gasteiger partial charge in [-0.25, -0.2) is 14.4 Å². The Morgan fingerprint density at radius 3 is 2.03 bits per heavy atom. The smallest absolute Gasteiger partial charge is 0.326 e. The van der Waals surface area contributed by atoms with Crippen LogP contribution >= 0.6 is 0 Å². The van der Waals surface area contributed by atoms with Crippen LogP contribution in [0.25, 0.3) is 0 Å². The van der Waals surface area contributed by atoms with Crippen molar-refractivity contribution in [1.82, 2.24) is 16.0 Å². The molecule has 33 heavy (non-hydrogen) atoms. The first-order valence-corrected chi connectivity index (χ1v) is 11.0. The van der Waals surface area contributed by atoms with Crippen LogP contribution in [0.3, 0.4) is 0 Å². The Morgan fingerprint density at radius 1 is 0.909 bits per heavy atom. The lowest BCUT2D eigenvalue weighted by Crippen LogP contribution is -2.51. The molecule has 0 fully saturated rings. The Hall–Kier alpha value is -3.14. The quantitative estimate of drug-likeness (QED) is 0.207. The second-order valence-corrected chi connectivity index (χ2v) is 8.68. The van der Waals surface area contributed by atoms with E-state index in [1.807, 2.05) is 30.3 Å². The number of benzene rings is 1. The molecule has 0 bridgehead atoms. The molecule has 10 heteroatoms. The SMILES string of the molecule is CC(C)(C)OC(=O)CC[C@H](NC(=O)N[C@@H](CCCCNCc1ccccc1)C(=O)O)C(=O)O. The van der Waals surface area contributed by atoms with E-state index in [2.05, 4.69) is 16.0 Å². The molecule has 2 atom stereocenters. The monoisotopic (exact) mass is 465 g/mol. The number of esters is 1. The molecule has 10 nitrogen and oxygen atoms in total. The molecule has 0 saturated carbocycles. The van der Waals surface area contributed by atoms with Gasteiger partial charge in [-0.3, -0.25) is 4.79 Å². The molecule has 0 aromatic heterocycles. The first kappa shape index (κ1) is 27.9. The summed E-state index contributed by atoms with van der Waals surface area (Å²) in [6.45, 7) is 6.48. The fourth-order valence-corrected chi connectivity index (χ4v) is 2.95. The minimum atomic E-state index is -1.35. The number of hydrogen-bond acceptors (Lipinski definition) is 6. The molecule has 0 unspecified atom stereocenters. The van der Waals surface area contributed by atoms with Crippen LogP contribution in [0.5, 0.6) is 0 Å². The summed E-state index contributed by atoms with van der Waals surface area (Å²) < 4.78 is 5.12. The summed E-state index contributed by atoms with van der Waals surface area (Å²) in [6, 6.07) is 6.45. The third kappa shape index (κ3) is 13.1. The van der Waals surface area contributed by atoms with Gasteiger partial charge in [0.15, 0.2) is 0 Å². The normalized spacial score (nSPS) is 12.9. The minimum Gasteiger partial charge on any atom is -0.480 e. The fourth-order valence-electron chi connectivity index (χ4n) is 2.95. The van der Waals surface area contributed by atoms with Crippen molar-refractivity contribution in [2.24, 2.45) is 0 Å². The van der Waals surface area contributed by atoms with Crippen molar-refractivity contribution in [2.75, 3.05) is 6.54 Å². The number of carbonyl (C=O) groups excluding carboxylic acids is 2. The molecule has 0 spiro atoms. The summed E-state index contributed by atoms with van der Waals surface area (Å²) in [7, 11) is 0. The van der Waals surface area contributed by atoms with Gasteiger partial charge in [0.25, 0.3) is 0 Å². The number of aliphatic carboxylic acids is 2. The van der Waals surface area contributed by atoms with Crippen LogP contribution < -0.4 is 16.0 Å². The standard InChI is InChI=1S/C23H35N3O7/c1-23(2,3)33-19(27)13-12-18(21(30)31)26-22(32)25-17(20(28)29)11-7-8-14-24-15-16-9-5-4-6-10-16/h4-6,9-10,17-18,24H,7-8,11-15H2,1-3H3,(H,28,29)(H,30,31)(H2,25,26,32)/t17-,18-/m0/s1. The van der Waals surface area contributed by atoms with Crippen LogP contribution in [0.4, 0.5) is 4.79 Å². The predicted molar refractivity (Wildman–Crippen MR) is 122 cm³/mol. The van der Waals surface area contributed by atoms with Crippen LogP contribution in [0.2, 0.25) is 0 Å². The number of amides is 2. The van der Waals surface area contributed by atoms with Crippen molar-refractivity contribution >= 4 is 23.9 Å². The van der Waals surface area contributed by atoms with E-state index in [0.29, 0.717) is 25.9 Å². The van der Waals surface area contributed by atoms with Gasteiger partial charge >= 0.3 is 23.9 Å². The molecule has 0 aliphatic carbocycles. The van der Waals surface area contributed by atoms with E-state index < -0.39 is 41.6 Å². The lowest BCUT2D eigenvalue weighted by molar-refractivity contribution is -0.155. The molecular weight excluding hydrogens is 430 g/mol. The first-order chi connectivity index (χ1) is 15.5. The van der Waals surface area contributed by atoms with Gasteiger partial charge < -0.3 is 30.9 Å². The Morgan fingerprint density at radius 2 is 1.48 bits per heavy atom. The highest BCUT2D eigenvalue weighted by Gasteiger charge is 2.25. The summed E-state index contributed by atoms with van der Waals surface area (Å²) in [5.41, 5.74) is 0.450. The van der Waals surface area contributed by atoms with Crippen LogP contribution in [0.1, 0.15) is 58.4 Å². The molecule has 1 aromatic rings. The Kier molecular flexibility index (Phi) is 11.9. The van der Waals surface area contributed by atoms with Gasteiger partial charge in [-0.1, -0.05) is 30.3 Å². The predicted octanol–water partition coefficient (Wildman–Crippen LogP) is 2.27. The highest BCUT2D eigenvalue weighted by molar-refractivity contribution is 5.86. The molecule has 0 heterocycles. The number of carboxylic acids is 2. The number of rotatable bonds is 14. The molecule has 0 radical (unpaired) electrons. The van der Waals surface area contributed by atoms with Crippen molar-refractivity contribution in [2.45, 2.75) is 77.1 Å². The molecule has 1 aromatic carbocycles. The van der Waals surface area contributed by atoms with Crippen molar-refractivity contribution in [3.05, 3.63) is 35.9 Å². The minimum absolute atomic E-state index is 0.178. The summed E-state index contributed by atoms with van der Waals surface area (Å²) in [6.07, 6.45) is 1.09. The number of nitrogens with one attached hydrogen (secondary N) is 3. The average molecular weight is 466 g/mol. The first-order valence-electron chi connectivity index (χ1n) is 11.0. The summed E-state index contributed by atoms with van der Waals surface area (Å²) in [4.78, 5) is 46.8. The number of hydrogen-bond donors (Lipinski definition) is 5. The maximum absolute atomic E-state index is 12.2. The van der Waals surface area contributed by atoms with E-state index in [4.69, 9.17) is 4.74 Å². The fraction of sp³-hybridized carbons (Fsp3) is 0.565. The number of unbranched alkanes of at least 4 members (excludes halogenated alkanes) is 1. The third-order valence-corrected chi connectivity index (χ3v) is 4.53. The molecular formula is C23H35N3O7. The third-order valence-electron chi connectivity index (χ3n) is 4.53. The maximum Gasteiger partial charge on any atom is 0.326 e. The van der Waals surface area contributed by atoms with Crippen LogP contribution in [0.15, 0.2) is 30.3 Å². The largest absolute Gasteiger partial charge is 0.480 e. The molecule has 0 aliphatic heterocycles. The maximum atomic E-state index is 12.2. The van der Waals surface area contributed by atoms with E-state index >= 15 is 0 Å². The van der Waals surface area contributed by atoms with Crippen LogP contribution in [0, 0.1) is 0 Å². The van der Waals surface area contributed by atoms with Crippen molar-refractivity contribution in [3.8, 4) is 0 Å². The van der Waals surface area contributed by atoms with E-state index in [0.717, 1.165) is 5.56 Å². The van der Waals surface area contributed by atoms with Crippen molar-refractivity contribution in [1.29, 1.82) is 0 Å². The molecule has 184 valence electrons. The zero-order valence-electron chi connectivity index (χ0n) is 19.4. The van der Waals surface area contributed by atoms with Gasteiger partial charge in [-0.15, -0.1) is 0 Å². The molecule has 0 saturated heterocycles. The topological polar surface area (TPSA) is 154 Å². The van der Waals surface area contributed by atoms with E-state index in [1.54, 1.807) is 20.8 Å². The van der Waals surface area contributed by atoms with Crippen molar-refractivity contribution < 1.29 is 34.1 Å². The highest BCUT2D eigenvalue weighted by atomic mass is 16.6. The van der Waals surface area contributed by atoms with Gasteiger partial charge in [0.1, 0.15) is 17.7 Å².